The molecule has 0 fully saturated rings. The van der Waals surface area contributed by atoms with Crippen LogP contribution in [0.5, 0.6) is 23.0 Å². The number of rotatable bonds is 4. The van der Waals surface area contributed by atoms with E-state index in [1.165, 1.54) is 26.9 Å². The third-order valence-electron chi connectivity index (χ3n) is 9.39. The van der Waals surface area contributed by atoms with E-state index in [0.717, 1.165) is 33.2 Å². The summed E-state index contributed by atoms with van der Waals surface area (Å²) in [6.45, 7) is 0. The lowest BCUT2D eigenvalue weighted by molar-refractivity contribution is 0.360. The number of nitrogens with zero attached hydrogens (tertiary/aromatic N) is 3. The van der Waals surface area contributed by atoms with Crippen LogP contribution in [-0.4, -0.2) is 15.0 Å². The molecule has 8 aromatic carbocycles. The lowest BCUT2D eigenvalue weighted by Gasteiger charge is -2.22. The molecule has 9 aromatic rings. The molecule has 5 heteroatoms. The quantitative estimate of drug-likeness (QED) is 0.179. The zero-order chi connectivity index (χ0) is 33.0. The monoisotopic (exact) mass is 641 g/mol. The molecular weight excluding hydrogens is 615 g/mol. The molecule has 0 aliphatic carbocycles. The van der Waals surface area contributed by atoms with Gasteiger partial charge in [0.05, 0.1) is 5.56 Å². The number of benzene rings is 8. The fourth-order valence-corrected chi connectivity index (χ4v) is 6.97. The van der Waals surface area contributed by atoms with Crippen LogP contribution in [0.15, 0.2) is 164 Å². The summed E-state index contributed by atoms with van der Waals surface area (Å²) in [5.74, 6) is 4.15. The Bertz CT molecular complexity index is 2720. The normalized spacial score (nSPS) is 11.9. The van der Waals surface area contributed by atoms with Crippen LogP contribution in [-0.2, 0) is 0 Å². The molecule has 0 atom stereocenters. The van der Waals surface area contributed by atoms with Crippen LogP contribution < -0.4 is 9.47 Å². The van der Waals surface area contributed by atoms with Crippen LogP contribution in [0, 0.1) is 0 Å². The fourth-order valence-electron chi connectivity index (χ4n) is 6.97. The van der Waals surface area contributed by atoms with Crippen molar-refractivity contribution in [1.82, 2.24) is 15.0 Å². The van der Waals surface area contributed by atoms with Gasteiger partial charge in [-0.1, -0.05) is 133 Å². The molecule has 0 radical (unpaired) electrons. The minimum atomic E-state index is 0.500. The molecule has 0 spiro atoms. The molecular formula is C45H27N3O2. The van der Waals surface area contributed by atoms with Crippen molar-refractivity contribution in [2.24, 2.45) is 0 Å². The lowest BCUT2D eigenvalue weighted by Crippen LogP contribution is -2.04. The summed E-state index contributed by atoms with van der Waals surface area (Å²) >= 11 is 0. The Balaban J connectivity index is 1.17. The van der Waals surface area contributed by atoms with Crippen LogP contribution in [0.2, 0.25) is 0 Å². The summed E-state index contributed by atoms with van der Waals surface area (Å²) < 4.78 is 12.7. The summed E-state index contributed by atoms with van der Waals surface area (Å²) in [5.41, 5.74) is 4.79. The third-order valence-corrected chi connectivity index (χ3v) is 9.39. The summed E-state index contributed by atoms with van der Waals surface area (Å²) in [7, 11) is 0. The highest BCUT2D eigenvalue weighted by Gasteiger charge is 2.24. The number of fused-ring (bicyclic) bond motifs is 8. The molecule has 2 heterocycles. The highest BCUT2D eigenvalue weighted by Crippen LogP contribution is 2.49. The van der Waals surface area contributed by atoms with Gasteiger partial charge in [0.15, 0.2) is 40.5 Å². The fraction of sp³-hybridized carbons (Fsp3) is 0. The number of ether oxygens (including phenoxy) is 2. The largest absolute Gasteiger partial charge is 0.449 e. The Hall–Kier alpha value is -6.85. The number of para-hydroxylation sites is 3. The molecule has 0 N–H and O–H groups in total. The first-order chi connectivity index (χ1) is 24.8. The standard InChI is InChI=1S/C45H27N3O2/c1-2-11-28(12-3-1)29-21-23-30(24-22-29)43-46-44(48-45(47-43)37-17-10-20-41-42(37)50-40-19-9-8-18-39(40)49-41)31-25-26-36-34-15-5-4-13-32(34)33-14-6-7-16-35(33)38(36)27-31/h1-27H. The van der Waals surface area contributed by atoms with Crippen molar-refractivity contribution in [3.63, 3.8) is 0 Å². The van der Waals surface area contributed by atoms with E-state index in [9.17, 15) is 0 Å². The average Bonchev–Trinajstić information content (AvgIpc) is 3.20. The molecule has 5 nitrogen and oxygen atoms in total. The SMILES string of the molecule is c1ccc(-c2ccc(-c3nc(-c4ccc5c6ccccc6c6ccccc6c5c4)nc(-c4cccc5c4Oc4ccccc4O5)n3)cc2)cc1. The van der Waals surface area contributed by atoms with Crippen LogP contribution in [0.4, 0.5) is 0 Å². The molecule has 0 bridgehead atoms. The molecule has 10 rings (SSSR count). The number of aromatic nitrogens is 3. The highest BCUT2D eigenvalue weighted by molar-refractivity contribution is 6.25. The van der Waals surface area contributed by atoms with Gasteiger partial charge in [0.25, 0.3) is 0 Å². The molecule has 234 valence electrons. The molecule has 0 saturated heterocycles. The van der Waals surface area contributed by atoms with Crippen molar-refractivity contribution in [2.75, 3.05) is 0 Å². The van der Waals surface area contributed by atoms with Crippen molar-refractivity contribution in [3.05, 3.63) is 164 Å². The zero-order valence-corrected chi connectivity index (χ0v) is 26.7. The van der Waals surface area contributed by atoms with Crippen molar-refractivity contribution in [2.45, 2.75) is 0 Å². The Morgan fingerprint density at radius 2 is 0.780 bits per heavy atom. The Labute approximate surface area is 288 Å². The van der Waals surface area contributed by atoms with Gasteiger partial charge in [0, 0.05) is 11.1 Å². The van der Waals surface area contributed by atoms with Gasteiger partial charge in [-0.2, -0.15) is 0 Å². The van der Waals surface area contributed by atoms with Gasteiger partial charge in [-0.25, -0.2) is 15.0 Å². The number of hydrogen-bond acceptors (Lipinski definition) is 5. The minimum Gasteiger partial charge on any atom is -0.449 e. The van der Waals surface area contributed by atoms with E-state index in [1.54, 1.807) is 0 Å². The Kier molecular flexibility index (Phi) is 6.42. The topological polar surface area (TPSA) is 57.1 Å². The van der Waals surface area contributed by atoms with Crippen LogP contribution in [0.25, 0.3) is 77.6 Å². The maximum atomic E-state index is 6.44. The van der Waals surface area contributed by atoms with Gasteiger partial charge in [-0.15, -0.1) is 0 Å². The van der Waals surface area contributed by atoms with E-state index in [2.05, 4.69) is 103 Å². The van der Waals surface area contributed by atoms with Crippen LogP contribution in [0.3, 0.4) is 0 Å². The van der Waals surface area contributed by atoms with E-state index in [4.69, 9.17) is 24.4 Å². The molecule has 0 amide bonds. The van der Waals surface area contributed by atoms with E-state index in [1.807, 2.05) is 60.7 Å². The van der Waals surface area contributed by atoms with Gasteiger partial charge in [0.2, 0.25) is 0 Å². The van der Waals surface area contributed by atoms with Gasteiger partial charge < -0.3 is 9.47 Å². The molecule has 50 heavy (non-hydrogen) atoms. The number of hydrogen-bond donors (Lipinski definition) is 0. The summed E-state index contributed by atoms with van der Waals surface area (Å²) in [4.78, 5) is 15.3. The molecule has 1 aliphatic rings. The van der Waals surface area contributed by atoms with Crippen molar-refractivity contribution in [1.29, 1.82) is 0 Å². The second kappa shape index (κ2) is 11.4. The van der Waals surface area contributed by atoms with E-state index in [0.29, 0.717) is 40.5 Å². The molecule has 1 aliphatic heterocycles. The first-order valence-corrected chi connectivity index (χ1v) is 16.6. The zero-order valence-electron chi connectivity index (χ0n) is 26.7. The molecule has 1 aromatic heterocycles. The third kappa shape index (κ3) is 4.67. The smallest absolute Gasteiger partial charge is 0.181 e. The van der Waals surface area contributed by atoms with Crippen molar-refractivity contribution in [3.8, 4) is 68.3 Å². The molecule has 0 saturated carbocycles. The summed E-state index contributed by atoms with van der Waals surface area (Å²) in [6, 6.07) is 55.9. The van der Waals surface area contributed by atoms with Gasteiger partial charge in [0.1, 0.15) is 0 Å². The lowest BCUT2D eigenvalue weighted by atomic mass is 9.93. The first kappa shape index (κ1) is 28.2. The average molecular weight is 642 g/mol. The van der Waals surface area contributed by atoms with E-state index >= 15 is 0 Å². The first-order valence-electron chi connectivity index (χ1n) is 16.6. The van der Waals surface area contributed by atoms with Crippen LogP contribution in [0.1, 0.15) is 0 Å². The second-order valence-electron chi connectivity index (χ2n) is 12.4. The highest BCUT2D eigenvalue weighted by atomic mass is 16.6. The maximum Gasteiger partial charge on any atom is 0.181 e. The van der Waals surface area contributed by atoms with Crippen molar-refractivity contribution < 1.29 is 9.47 Å². The molecule has 0 unspecified atom stereocenters. The van der Waals surface area contributed by atoms with E-state index in [-0.39, 0.29) is 0 Å². The van der Waals surface area contributed by atoms with Gasteiger partial charge >= 0.3 is 0 Å². The summed E-state index contributed by atoms with van der Waals surface area (Å²) in [6.07, 6.45) is 0. The van der Waals surface area contributed by atoms with Crippen molar-refractivity contribution >= 4 is 32.3 Å². The summed E-state index contributed by atoms with van der Waals surface area (Å²) in [5, 5.41) is 7.21. The minimum absolute atomic E-state index is 0.500. The maximum absolute atomic E-state index is 6.44. The Morgan fingerprint density at radius 3 is 1.48 bits per heavy atom. The Morgan fingerprint density at radius 1 is 0.300 bits per heavy atom. The second-order valence-corrected chi connectivity index (χ2v) is 12.4. The van der Waals surface area contributed by atoms with Crippen LogP contribution >= 0.6 is 0 Å². The van der Waals surface area contributed by atoms with Gasteiger partial charge in [-0.3, -0.25) is 0 Å². The predicted molar refractivity (Wildman–Crippen MR) is 201 cm³/mol. The predicted octanol–water partition coefficient (Wildman–Crippen LogP) is 11.9. The van der Waals surface area contributed by atoms with E-state index < -0.39 is 0 Å². The van der Waals surface area contributed by atoms with Gasteiger partial charge in [-0.05, 0) is 73.8 Å².